The number of ether oxygens (including phenoxy) is 1. The largest absolute Gasteiger partial charge is 0.469 e. The van der Waals surface area contributed by atoms with Crippen molar-refractivity contribution in [3.8, 4) is 0 Å². The van der Waals surface area contributed by atoms with Crippen LogP contribution in [-0.2, 0) is 26.3 Å². The second kappa shape index (κ2) is 7.58. The zero-order valence-electron chi connectivity index (χ0n) is 11.3. The Kier molecular flexibility index (Phi) is 6.41. The third-order valence-corrected chi connectivity index (χ3v) is 4.36. The maximum Gasteiger partial charge on any atom is 0.306 e. The molecular weight excluding hydrogens is 304 g/mol. The Hall–Kier alpha value is -1.15. The number of hydrogen-bond donors (Lipinski definition) is 1. The number of rotatable bonds is 7. The van der Waals surface area contributed by atoms with Crippen molar-refractivity contribution in [3.05, 3.63) is 34.9 Å². The molecule has 0 heterocycles. The van der Waals surface area contributed by atoms with Crippen molar-refractivity contribution in [2.45, 2.75) is 13.0 Å². The first-order valence-electron chi connectivity index (χ1n) is 5.87. The average molecular weight is 321 g/mol. The predicted octanol–water partition coefficient (Wildman–Crippen LogP) is 1.17. The molecule has 0 aliphatic heterocycles. The molecule has 0 amide bonds. The van der Waals surface area contributed by atoms with Crippen molar-refractivity contribution in [1.29, 1.82) is 0 Å². The highest BCUT2D eigenvalue weighted by atomic mass is 35.5. The minimum absolute atomic E-state index is 0.00503. The van der Waals surface area contributed by atoms with Crippen LogP contribution in [-0.4, -0.2) is 39.4 Å². The van der Waals surface area contributed by atoms with E-state index in [1.807, 2.05) is 0 Å². The van der Waals surface area contributed by atoms with Crippen molar-refractivity contribution < 1.29 is 17.9 Å². The highest BCUT2D eigenvalue weighted by molar-refractivity contribution is 7.87. The number of carbonyl (C=O) groups excluding carboxylic acids is 1. The Morgan fingerprint density at radius 2 is 2.15 bits per heavy atom. The van der Waals surface area contributed by atoms with Crippen molar-refractivity contribution in [2.75, 3.05) is 20.7 Å². The van der Waals surface area contributed by atoms with E-state index in [0.29, 0.717) is 5.02 Å². The quantitative estimate of drug-likeness (QED) is 0.765. The smallest absolute Gasteiger partial charge is 0.306 e. The number of nitrogens with one attached hydrogen (secondary N) is 1. The van der Waals surface area contributed by atoms with Gasteiger partial charge in [-0.3, -0.25) is 4.79 Å². The second-order valence-electron chi connectivity index (χ2n) is 4.10. The number of halogens is 1. The van der Waals surface area contributed by atoms with Gasteiger partial charge in [0.1, 0.15) is 0 Å². The summed E-state index contributed by atoms with van der Waals surface area (Å²) in [5, 5.41) is 0.542. The zero-order valence-corrected chi connectivity index (χ0v) is 12.9. The van der Waals surface area contributed by atoms with E-state index < -0.39 is 16.2 Å². The van der Waals surface area contributed by atoms with Gasteiger partial charge < -0.3 is 4.74 Å². The van der Waals surface area contributed by atoms with Crippen LogP contribution in [0, 0.1) is 0 Å². The summed E-state index contributed by atoms with van der Waals surface area (Å²) in [4.78, 5) is 11.0. The lowest BCUT2D eigenvalue weighted by atomic mass is 10.2. The van der Waals surface area contributed by atoms with E-state index in [1.165, 1.54) is 14.2 Å². The Morgan fingerprint density at radius 1 is 1.45 bits per heavy atom. The minimum atomic E-state index is -3.64. The van der Waals surface area contributed by atoms with Gasteiger partial charge in [-0.2, -0.15) is 17.4 Å². The van der Waals surface area contributed by atoms with E-state index in [0.717, 1.165) is 9.87 Å². The number of nitrogens with zero attached hydrogens (tertiary/aromatic N) is 1. The van der Waals surface area contributed by atoms with Gasteiger partial charge in [-0.05, 0) is 17.7 Å². The molecule has 8 heteroatoms. The molecule has 1 aromatic rings. The van der Waals surface area contributed by atoms with Crippen LogP contribution in [0.1, 0.15) is 12.0 Å². The Morgan fingerprint density at radius 3 is 2.75 bits per heavy atom. The van der Waals surface area contributed by atoms with Gasteiger partial charge in [-0.1, -0.05) is 23.7 Å². The molecule has 0 radical (unpaired) electrons. The first-order valence-corrected chi connectivity index (χ1v) is 7.69. The summed E-state index contributed by atoms with van der Waals surface area (Å²) in [6, 6.07) is 6.90. The maximum atomic E-state index is 11.9. The summed E-state index contributed by atoms with van der Waals surface area (Å²) in [7, 11) is -0.992. The molecule has 0 atom stereocenters. The number of carbonyl (C=O) groups is 1. The normalized spacial score (nSPS) is 11.6. The van der Waals surface area contributed by atoms with E-state index >= 15 is 0 Å². The number of benzene rings is 1. The fourth-order valence-electron chi connectivity index (χ4n) is 1.40. The third-order valence-electron chi connectivity index (χ3n) is 2.62. The lowest BCUT2D eigenvalue weighted by Crippen LogP contribution is -2.38. The summed E-state index contributed by atoms with van der Waals surface area (Å²) in [6.07, 6.45) is 0.00503. The molecule has 0 spiro atoms. The molecule has 0 bridgehead atoms. The van der Waals surface area contributed by atoms with Crippen molar-refractivity contribution in [3.63, 3.8) is 0 Å². The van der Waals surface area contributed by atoms with Crippen molar-refractivity contribution in [2.24, 2.45) is 0 Å². The average Bonchev–Trinajstić information content (AvgIpc) is 2.42. The molecule has 1 rings (SSSR count). The fraction of sp³-hybridized carbons (Fsp3) is 0.417. The first kappa shape index (κ1) is 16.9. The van der Waals surface area contributed by atoms with Gasteiger partial charge in [0, 0.05) is 25.2 Å². The molecule has 6 nitrogen and oxygen atoms in total. The zero-order chi connectivity index (χ0) is 15.2. The Labute approximate surface area is 123 Å². The van der Waals surface area contributed by atoms with Crippen LogP contribution in [0.15, 0.2) is 24.3 Å². The van der Waals surface area contributed by atoms with E-state index in [2.05, 4.69) is 9.46 Å². The molecular formula is C12H17ClN2O4S. The van der Waals surface area contributed by atoms with Gasteiger partial charge in [0.15, 0.2) is 0 Å². The lowest BCUT2D eigenvalue weighted by Gasteiger charge is -2.17. The number of methoxy groups -OCH3 is 1. The molecule has 1 aromatic carbocycles. The SMILES string of the molecule is COC(=O)CCN(C)S(=O)(=O)NCc1cccc(Cl)c1. The summed E-state index contributed by atoms with van der Waals surface area (Å²) < 4.78 is 31.8. The highest BCUT2D eigenvalue weighted by Gasteiger charge is 2.18. The van der Waals surface area contributed by atoms with E-state index in [9.17, 15) is 13.2 Å². The fourth-order valence-corrected chi connectivity index (χ4v) is 2.52. The summed E-state index contributed by atoms with van der Waals surface area (Å²) >= 11 is 5.82. The molecule has 0 aliphatic carbocycles. The highest BCUT2D eigenvalue weighted by Crippen LogP contribution is 2.10. The van der Waals surface area contributed by atoms with Gasteiger partial charge in [-0.15, -0.1) is 0 Å². The van der Waals surface area contributed by atoms with Crippen LogP contribution < -0.4 is 4.72 Å². The van der Waals surface area contributed by atoms with Gasteiger partial charge in [0.05, 0.1) is 13.5 Å². The molecule has 0 fully saturated rings. The van der Waals surface area contributed by atoms with Crippen molar-refractivity contribution in [1.82, 2.24) is 9.03 Å². The van der Waals surface area contributed by atoms with Gasteiger partial charge in [-0.25, -0.2) is 0 Å². The third kappa shape index (κ3) is 5.46. The second-order valence-corrected chi connectivity index (χ2v) is 6.40. The molecule has 0 saturated carbocycles. The van der Waals surface area contributed by atoms with Gasteiger partial charge in [0.2, 0.25) is 0 Å². The number of hydrogen-bond acceptors (Lipinski definition) is 4. The van der Waals surface area contributed by atoms with Crippen LogP contribution in [0.4, 0.5) is 0 Å². The number of esters is 1. The topological polar surface area (TPSA) is 75.7 Å². The summed E-state index contributed by atoms with van der Waals surface area (Å²) in [5.41, 5.74) is 0.752. The summed E-state index contributed by atoms with van der Waals surface area (Å²) in [6.45, 7) is 0.184. The molecule has 112 valence electrons. The standard InChI is InChI=1S/C12H17ClN2O4S/c1-15(7-6-12(16)19-2)20(17,18)14-9-10-4-3-5-11(13)8-10/h3-5,8,14H,6-7,9H2,1-2H3. The molecule has 0 aliphatic rings. The van der Waals surface area contributed by atoms with Crippen LogP contribution in [0.25, 0.3) is 0 Å². The van der Waals surface area contributed by atoms with Gasteiger partial charge in [0.25, 0.3) is 10.2 Å². The Balaban J connectivity index is 2.54. The molecule has 0 unspecified atom stereocenters. The van der Waals surface area contributed by atoms with Crippen molar-refractivity contribution >= 4 is 27.8 Å². The minimum Gasteiger partial charge on any atom is -0.469 e. The lowest BCUT2D eigenvalue weighted by molar-refractivity contribution is -0.140. The maximum absolute atomic E-state index is 11.9. The van der Waals surface area contributed by atoms with Crippen LogP contribution in [0.3, 0.4) is 0 Å². The molecule has 1 N–H and O–H groups in total. The molecule has 20 heavy (non-hydrogen) atoms. The van der Waals surface area contributed by atoms with Crippen LogP contribution in [0.5, 0.6) is 0 Å². The van der Waals surface area contributed by atoms with E-state index in [4.69, 9.17) is 11.6 Å². The van der Waals surface area contributed by atoms with Crippen LogP contribution >= 0.6 is 11.6 Å². The van der Waals surface area contributed by atoms with Crippen LogP contribution in [0.2, 0.25) is 5.02 Å². The monoisotopic (exact) mass is 320 g/mol. The Bertz CT molecular complexity index is 562. The first-order chi connectivity index (χ1) is 9.35. The van der Waals surface area contributed by atoms with E-state index in [-0.39, 0.29) is 19.5 Å². The predicted molar refractivity (Wildman–Crippen MR) is 76.5 cm³/mol. The summed E-state index contributed by atoms with van der Waals surface area (Å²) in [5.74, 6) is -0.457. The molecule has 0 aromatic heterocycles. The van der Waals surface area contributed by atoms with E-state index in [1.54, 1.807) is 24.3 Å². The van der Waals surface area contributed by atoms with Gasteiger partial charge >= 0.3 is 5.97 Å². The molecule has 0 saturated heterocycles.